The van der Waals surface area contributed by atoms with Crippen LogP contribution < -0.4 is 10.2 Å². The third kappa shape index (κ3) is 7.88. The average Bonchev–Trinajstić information content (AvgIpc) is 2.81. The van der Waals surface area contributed by atoms with Gasteiger partial charge in [0, 0.05) is 24.9 Å². The first kappa shape index (κ1) is 25.2. The van der Waals surface area contributed by atoms with Crippen LogP contribution in [0.15, 0.2) is 54.1 Å². The highest BCUT2D eigenvalue weighted by molar-refractivity contribution is 5.93. The molecule has 5 heteroatoms. The molecule has 0 spiro atoms. The maximum absolute atomic E-state index is 12.5. The van der Waals surface area contributed by atoms with Crippen LogP contribution >= 0.6 is 0 Å². The van der Waals surface area contributed by atoms with Crippen LogP contribution in [0.25, 0.3) is 17.2 Å². The first-order chi connectivity index (χ1) is 15.5. The summed E-state index contributed by atoms with van der Waals surface area (Å²) in [6.07, 6.45) is 8.90. The van der Waals surface area contributed by atoms with Crippen molar-refractivity contribution >= 4 is 23.8 Å². The quantitative estimate of drug-likeness (QED) is 0.286. The lowest BCUT2D eigenvalue weighted by atomic mass is 10.0. The van der Waals surface area contributed by atoms with E-state index in [1.165, 1.54) is 19.3 Å². The van der Waals surface area contributed by atoms with E-state index in [-0.39, 0.29) is 6.03 Å². The van der Waals surface area contributed by atoms with Crippen molar-refractivity contribution in [1.82, 2.24) is 5.32 Å². The number of nitrogens with zero attached hydrogens (tertiary/aromatic N) is 1. The number of hydrogen-bond donors (Lipinski definition) is 2. The lowest BCUT2D eigenvalue weighted by molar-refractivity contribution is -0.132. The number of unbranched alkanes of at least 4 members (excludes halogenated alkanes) is 4. The number of nitrogens with one attached hydrogen (secondary N) is 1. The van der Waals surface area contributed by atoms with E-state index in [9.17, 15) is 14.7 Å². The number of benzene rings is 2. The summed E-state index contributed by atoms with van der Waals surface area (Å²) in [6, 6.07) is 15.6. The largest absolute Gasteiger partial charge is 0.478 e. The second kappa shape index (κ2) is 13.4. The number of carboxylic acids is 1. The van der Waals surface area contributed by atoms with Crippen molar-refractivity contribution < 1.29 is 14.7 Å². The molecule has 0 atom stereocenters. The fraction of sp³-hybridized carbons (Fsp3) is 0.407. The maximum atomic E-state index is 12.5. The molecule has 0 radical (unpaired) electrons. The van der Waals surface area contributed by atoms with E-state index in [0.29, 0.717) is 18.5 Å². The molecular formula is C27H36N2O3. The minimum absolute atomic E-state index is 0.102. The van der Waals surface area contributed by atoms with Crippen LogP contribution in [0.5, 0.6) is 0 Å². The fourth-order valence-corrected chi connectivity index (χ4v) is 3.54. The number of anilines is 1. The van der Waals surface area contributed by atoms with Crippen molar-refractivity contribution in [2.24, 2.45) is 0 Å². The van der Waals surface area contributed by atoms with Crippen LogP contribution in [-0.2, 0) is 4.79 Å². The molecule has 2 aromatic rings. The topological polar surface area (TPSA) is 69.6 Å². The maximum Gasteiger partial charge on any atom is 0.331 e. The number of amides is 2. The standard InChI is InChI=1S/C27H36N2O3/c1-4-6-7-8-9-18-28-27(32)29(3)25-13-10-12-23(20-25)22-16-14-21(15-17-22)19-24(11-5-2)26(30)31/h10,12-17,19-20H,4-9,11,18H2,1-3H3,(H,28,32)(H,30,31)/b24-19+. The zero-order valence-electron chi connectivity index (χ0n) is 19.6. The minimum Gasteiger partial charge on any atom is -0.478 e. The number of rotatable bonds is 12. The van der Waals surface area contributed by atoms with E-state index < -0.39 is 5.97 Å². The Bertz CT molecular complexity index is 903. The van der Waals surface area contributed by atoms with Crippen molar-refractivity contribution in [3.63, 3.8) is 0 Å². The van der Waals surface area contributed by atoms with Gasteiger partial charge in [0.1, 0.15) is 0 Å². The molecule has 2 amide bonds. The summed E-state index contributed by atoms with van der Waals surface area (Å²) in [5.74, 6) is -0.870. The normalized spacial score (nSPS) is 11.3. The highest BCUT2D eigenvalue weighted by Gasteiger charge is 2.11. The summed E-state index contributed by atoms with van der Waals surface area (Å²) in [5, 5.41) is 12.3. The Kier molecular flexibility index (Phi) is 10.5. The fourth-order valence-electron chi connectivity index (χ4n) is 3.54. The zero-order valence-corrected chi connectivity index (χ0v) is 19.6. The molecule has 2 N–H and O–H groups in total. The Morgan fingerprint density at radius 3 is 2.31 bits per heavy atom. The van der Waals surface area contributed by atoms with E-state index in [1.54, 1.807) is 18.0 Å². The van der Waals surface area contributed by atoms with Gasteiger partial charge in [0.15, 0.2) is 0 Å². The highest BCUT2D eigenvalue weighted by atomic mass is 16.4. The zero-order chi connectivity index (χ0) is 23.3. The van der Waals surface area contributed by atoms with Gasteiger partial charge < -0.3 is 10.4 Å². The number of urea groups is 1. The molecule has 0 saturated carbocycles. The first-order valence-electron chi connectivity index (χ1n) is 11.6. The van der Waals surface area contributed by atoms with Crippen LogP contribution in [0.2, 0.25) is 0 Å². The molecule has 0 aromatic heterocycles. The van der Waals surface area contributed by atoms with E-state index in [0.717, 1.165) is 41.6 Å². The van der Waals surface area contributed by atoms with Crippen molar-refractivity contribution in [1.29, 1.82) is 0 Å². The molecule has 32 heavy (non-hydrogen) atoms. The predicted molar refractivity (Wildman–Crippen MR) is 133 cm³/mol. The monoisotopic (exact) mass is 436 g/mol. The van der Waals surface area contributed by atoms with Gasteiger partial charge in [0.05, 0.1) is 0 Å². The first-order valence-corrected chi connectivity index (χ1v) is 11.6. The molecule has 0 unspecified atom stereocenters. The highest BCUT2D eigenvalue weighted by Crippen LogP contribution is 2.25. The Morgan fingerprint density at radius 1 is 0.938 bits per heavy atom. The Hall–Kier alpha value is -3.08. The molecule has 2 rings (SSSR count). The molecule has 2 aromatic carbocycles. The van der Waals surface area contributed by atoms with E-state index in [2.05, 4.69) is 12.2 Å². The number of carbonyl (C=O) groups excluding carboxylic acids is 1. The number of carboxylic acid groups (broad SMARTS) is 1. The van der Waals surface area contributed by atoms with Crippen molar-refractivity contribution in [3.05, 3.63) is 59.7 Å². The van der Waals surface area contributed by atoms with Gasteiger partial charge in [-0.25, -0.2) is 9.59 Å². The number of aliphatic carboxylic acids is 1. The third-order valence-electron chi connectivity index (χ3n) is 5.47. The minimum atomic E-state index is -0.870. The molecule has 0 fully saturated rings. The van der Waals surface area contributed by atoms with Gasteiger partial charge in [-0.15, -0.1) is 0 Å². The van der Waals surface area contributed by atoms with Crippen molar-refractivity contribution in [2.45, 2.75) is 58.8 Å². The second-order valence-corrected chi connectivity index (χ2v) is 8.10. The summed E-state index contributed by atoms with van der Waals surface area (Å²) in [4.78, 5) is 25.5. The van der Waals surface area contributed by atoms with Gasteiger partial charge >= 0.3 is 12.0 Å². The van der Waals surface area contributed by atoms with E-state index in [4.69, 9.17) is 0 Å². The molecule has 0 heterocycles. The molecule has 0 bridgehead atoms. The average molecular weight is 437 g/mol. The van der Waals surface area contributed by atoms with Crippen molar-refractivity contribution in [2.75, 3.05) is 18.5 Å². The van der Waals surface area contributed by atoms with Gasteiger partial charge in [-0.05, 0) is 47.7 Å². The van der Waals surface area contributed by atoms with Gasteiger partial charge in [-0.3, -0.25) is 4.90 Å². The van der Waals surface area contributed by atoms with Gasteiger partial charge in [-0.2, -0.15) is 0 Å². The van der Waals surface area contributed by atoms with Crippen LogP contribution in [0, 0.1) is 0 Å². The molecular weight excluding hydrogens is 400 g/mol. The number of carbonyl (C=O) groups is 2. The molecule has 172 valence electrons. The molecule has 0 aliphatic heterocycles. The smallest absolute Gasteiger partial charge is 0.331 e. The summed E-state index contributed by atoms with van der Waals surface area (Å²) in [5.41, 5.74) is 4.13. The molecule has 0 saturated heterocycles. The van der Waals surface area contributed by atoms with E-state index >= 15 is 0 Å². The Labute approximate surface area is 192 Å². The van der Waals surface area contributed by atoms with Crippen molar-refractivity contribution in [3.8, 4) is 11.1 Å². The summed E-state index contributed by atoms with van der Waals surface area (Å²) in [6.45, 7) is 4.86. The summed E-state index contributed by atoms with van der Waals surface area (Å²) < 4.78 is 0. The van der Waals surface area contributed by atoms with Gasteiger partial charge in [-0.1, -0.05) is 82.3 Å². The molecule has 0 aliphatic rings. The van der Waals surface area contributed by atoms with Crippen LogP contribution in [-0.4, -0.2) is 30.7 Å². The Balaban J connectivity index is 2.03. The molecule has 0 aliphatic carbocycles. The lowest BCUT2D eigenvalue weighted by Gasteiger charge is -2.19. The second-order valence-electron chi connectivity index (χ2n) is 8.10. The van der Waals surface area contributed by atoms with Crippen LogP contribution in [0.3, 0.4) is 0 Å². The predicted octanol–water partition coefficient (Wildman–Crippen LogP) is 6.74. The lowest BCUT2D eigenvalue weighted by Crippen LogP contribution is -2.37. The van der Waals surface area contributed by atoms with Gasteiger partial charge in [0.25, 0.3) is 0 Å². The molecule has 5 nitrogen and oxygen atoms in total. The Morgan fingerprint density at radius 2 is 1.66 bits per heavy atom. The van der Waals surface area contributed by atoms with Crippen LogP contribution in [0.1, 0.15) is 64.4 Å². The van der Waals surface area contributed by atoms with Crippen LogP contribution in [0.4, 0.5) is 10.5 Å². The third-order valence-corrected chi connectivity index (χ3v) is 5.47. The SMILES string of the molecule is CCCCCCCNC(=O)N(C)c1cccc(-c2ccc(/C=C(\CCC)C(=O)O)cc2)c1. The summed E-state index contributed by atoms with van der Waals surface area (Å²) in [7, 11) is 1.78. The number of hydrogen-bond acceptors (Lipinski definition) is 2. The van der Waals surface area contributed by atoms with Gasteiger partial charge in [0.2, 0.25) is 0 Å². The summed E-state index contributed by atoms with van der Waals surface area (Å²) >= 11 is 0. The van der Waals surface area contributed by atoms with E-state index in [1.807, 2.05) is 55.5 Å².